The maximum atomic E-state index is 11.8. The van der Waals surface area contributed by atoms with Crippen LogP contribution in [-0.4, -0.2) is 24.7 Å². The number of anilines is 1. The Morgan fingerprint density at radius 1 is 1.39 bits per heavy atom. The van der Waals surface area contributed by atoms with Gasteiger partial charge in [-0.1, -0.05) is 11.6 Å². The molecule has 2 amide bonds. The smallest absolute Gasteiger partial charge is 0.319 e. The van der Waals surface area contributed by atoms with Gasteiger partial charge in [0, 0.05) is 22.8 Å². The van der Waals surface area contributed by atoms with Gasteiger partial charge < -0.3 is 16.0 Å². The third-order valence-corrected chi connectivity index (χ3v) is 3.31. The van der Waals surface area contributed by atoms with Crippen LogP contribution in [0.25, 0.3) is 0 Å². The van der Waals surface area contributed by atoms with Crippen molar-refractivity contribution < 1.29 is 4.79 Å². The van der Waals surface area contributed by atoms with Crippen molar-refractivity contribution in [3.63, 3.8) is 0 Å². The van der Waals surface area contributed by atoms with Crippen molar-refractivity contribution in [3.05, 3.63) is 29.3 Å². The Labute approximate surface area is 112 Å². The molecule has 1 aliphatic rings. The third-order valence-electron chi connectivity index (χ3n) is 3.06. The van der Waals surface area contributed by atoms with E-state index in [0.717, 1.165) is 25.1 Å². The van der Waals surface area contributed by atoms with Gasteiger partial charge in [-0.05, 0) is 50.6 Å². The second kappa shape index (κ2) is 6.07. The van der Waals surface area contributed by atoms with E-state index in [1.54, 1.807) is 24.3 Å². The monoisotopic (exact) mass is 267 g/mol. The zero-order valence-corrected chi connectivity index (χ0v) is 11.1. The fourth-order valence-corrected chi connectivity index (χ4v) is 2.27. The summed E-state index contributed by atoms with van der Waals surface area (Å²) in [4.78, 5) is 11.8. The maximum absolute atomic E-state index is 11.8. The zero-order chi connectivity index (χ0) is 13.0. The average Bonchev–Trinajstić information content (AvgIpc) is 2.32. The van der Waals surface area contributed by atoms with Crippen LogP contribution in [0.2, 0.25) is 5.02 Å². The highest BCUT2D eigenvalue weighted by molar-refractivity contribution is 6.30. The molecule has 2 unspecified atom stereocenters. The van der Waals surface area contributed by atoms with Crippen LogP contribution in [0.5, 0.6) is 0 Å². The number of hydrogen-bond donors (Lipinski definition) is 3. The van der Waals surface area contributed by atoms with Crippen LogP contribution in [0, 0.1) is 0 Å². The van der Waals surface area contributed by atoms with Gasteiger partial charge in [0.2, 0.25) is 0 Å². The SMILES string of the molecule is CC1CC(NC(=O)Nc2ccc(Cl)cc2)CCN1. The third kappa shape index (κ3) is 3.89. The number of amides is 2. The minimum Gasteiger partial charge on any atom is -0.335 e. The van der Waals surface area contributed by atoms with Crippen LogP contribution >= 0.6 is 11.6 Å². The van der Waals surface area contributed by atoms with Gasteiger partial charge in [0.25, 0.3) is 0 Å². The van der Waals surface area contributed by atoms with E-state index >= 15 is 0 Å². The van der Waals surface area contributed by atoms with Gasteiger partial charge in [-0.3, -0.25) is 0 Å². The number of urea groups is 1. The first kappa shape index (κ1) is 13.2. The average molecular weight is 268 g/mol. The van der Waals surface area contributed by atoms with Gasteiger partial charge in [-0.15, -0.1) is 0 Å². The summed E-state index contributed by atoms with van der Waals surface area (Å²) in [6.45, 7) is 3.08. The molecule has 0 saturated carbocycles. The van der Waals surface area contributed by atoms with E-state index in [1.165, 1.54) is 0 Å². The van der Waals surface area contributed by atoms with Crippen molar-refractivity contribution in [2.24, 2.45) is 0 Å². The molecule has 0 aliphatic carbocycles. The van der Waals surface area contributed by atoms with Gasteiger partial charge >= 0.3 is 6.03 Å². The van der Waals surface area contributed by atoms with Crippen molar-refractivity contribution in [2.75, 3.05) is 11.9 Å². The Kier molecular flexibility index (Phi) is 4.44. The Hall–Kier alpha value is -1.26. The van der Waals surface area contributed by atoms with Crippen molar-refractivity contribution in [2.45, 2.75) is 31.8 Å². The highest BCUT2D eigenvalue weighted by Crippen LogP contribution is 2.13. The van der Waals surface area contributed by atoms with Crippen molar-refractivity contribution in [1.29, 1.82) is 0 Å². The highest BCUT2D eigenvalue weighted by atomic mass is 35.5. The Morgan fingerprint density at radius 3 is 2.78 bits per heavy atom. The van der Waals surface area contributed by atoms with E-state index in [2.05, 4.69) is 22.9 Å². The lowest BCUT2D eigenvalue weighted by molar-refractivity contribution is 0.242. The fraction of sp³-hybridized carbons (Fsp3) is 0.462. The summed E-state index contributed by atoms with van der Waals surface area (Å²) < 4.78 is 0. The number of halogens is 1. The number of carbonyl (C=O) groups is 1. The molecular weight excluding hydrogens is 250 g/mol. The van der Waals surface area contributed by atoms with E-state index in [0.29, 0.717) is 11.1 Å². The second-order valence-corrected chi connectivity index (χ2v) is 5.12. The van der Waals surface area contributed by atoms with Crippen LogP contribution in [0.15, 0.2) is 24.3 Å². The van der Waals surface area contributed by atoms with Gasteiger partial charge in [-0.25, -0.2) is 4.79 Å². The molecule has 4 nitrogen and oxygen atoms in total. The number of carbonyl (C=O) groups excluding carboxylic acids is 1. The van der Waals surface area contributed by atoms with E-state index in [-0.39, 0.29) is 12.1 Å². The highest BCUT2D eigenvalue weighted by Gasteiger charge is 2.19. The van der Waals surface area contributed by atoms with Crippen molar-refractivity contribution >= 4 is 23.3 Å². The lowest BCUT2D eigenvalue weighted by Gasteiger charge is -2.28. The quantitative estimate of drug-likeness (QED) is 0.772. The zero-order valence-electron chi connectivity index (χ0n) is 10.4. The van der Waals surface area contributed by atoms with Gasteiger partial charge in [0.1, 0.15) is 0 Å². The van der Waals surface area contributed by atoms with Crippen LogP contribution in [0.4, 0.5) is 10.5 Å². The molecule has 0 aromatic heterocycles. The van der Waals surface area contributed by atoms with E-state index in [1.807, 2.05) is 0 Å². The molecule has 1 aromatic carbocycles. The first-order chi connectivity index (χ1) is 8.63. The molecule has 5 heteroatoms. The molecule has 1 fully saturated rings. The van der Waals surface area contributed by atoms with E-state index in [9.17, 15) is 4.79 Å². The minimum atomic E-state index is -0.156. The number of piperidine rings is 1. The van der Waals surface area contributed by atoms with Crippen molar-refractivity contribution in [3.8, 4) is 0 Å². The summed E-state index contributed by atoms with van der Waals surface area (Å²) in [5.74, 6) is 0. The predicted octanol–water partition coefficient (Wildman–Crippen LogP) is 2.60. The lowest BCUT2D eigenvalue weighted by Crippen LogP contribution is -2.47. The van der Waals surface area contributed by atoms with Crippen LogP contribution in [0.3, 0.4) is 0 Å². The Balaban J connectivity index is 1.83. The van der Waals surface area contributed by atoms with Crippen LogP contribution in [-0.2, 0) is 0 Å². The summed E-state index contributed by atoms with van der Waals surface area (Å²) in [5.41, 5.74) is 0.749. The van der Waals surface area contributed by atoms with Crippen LogP contribution in [0.1, 0.15) is 19.8 Å². The first-order valence-electron chi connectivity index (χ1n) is 6.20. The topological polar surface area (TPSA) is 53.2 Å². The summed E-state index contributed by atoms with van der Waals surface area (Å²) in [6.07, 6.45) is 1.94. The number of benzene rings is 1. The molecule has 1 aromatic rings. The Morgan fingerprint density at radius 2 is 2.11 bits per heavy atom. The predicted molar refractivity (Wildman–Crippen MR) is 74.1 cm³/mol. The number of nitrogens with one attached hydrogen (secondary N) is 3. The number of rotatable bonds is 2. The largest absolute Gasteiger partial charge is 0.335 e. The standard InChI is InChI=1S/C13H18ClN3O/c1-9-8-12(6-7-15-9)17-13(18)16-11-4-2-10(14)3-5-11/h2-5,9,12,15H,6-8H2,1H3,(H2,16,17,18). The molecule has 2 rings (SSSR count). The molecule has 0 bridgehead atoms. The van der Waals surface area contributed by atoms with Crippen molar-refractivity contribution in [1.82, 2.24) is 10.6 Å². The summed E-state index contributed by atoms with van der Waals surface area (Å²) in [7, 11) is 0. The summed E-state index contributed by atoms with van der Waals surface area (Å²) in [5, 5.41) is 9.81. The van der Waals surface area contributed by atoms with E-state index < -0.39 is 0 Å². The molecule has 98 valence electrons. The number of hydrogen-bond acceptors (Lipinski definition) is 2. The van der Waals surface area contributed by atoms with Crippen LogP contribution < -0.4 is 16.0 Å². The molecule has 0 spiro atoms. The lowest BCUT2D eigenvalue weighted by atomic mass is 10.0. The van der Waals surface area contributed by atoms with Gasteiger partial charge in [-0.2, -0.15) is 0 Å². The second-order valence-electron chi connectivity index (χ2n) is 4.68. The Bertz CT molecular complexity index is 407. The first-order valence-corrected chi connectivity index (χ1v) is 6.58. The molecule has 0 radical (unpaired) electrons. The minimum absolute atomic E-state index is 0.156. The summed E-state index contributed by atoms with van der Waals surface area (Å²) in [6, 6.07) is 7.62. The van der Waals surface area contributed by atoms with E-state index in [4.69, 9.17) is 11.6 Å². The molecule has 18 heavy (non-hydrogen) atoms. The van der Waals surface area contributed by atoms with Gasteiger partial charge in [0.05, 0.1) is 0 Å². The molecular formula is C13H18ClN3O. The van der Waals surface area contributed by atoms with Gasteiger partial charge in [0.15, 0.2) is 0 Å². The molecule has 1 aliphatic heterocycles. The normalized spacial score (nSPS) is 23.4. The molecule has 1 saturated heterocycles. The maximum Gasteiger partial charge on any atom is 0.319 e. The molecule has 1 heterocycles. The summed E-state index contributed by atoms with van der Waals surface area (Å²) >= 11 is 5.78. The fourth-order valence-electron chi connectivity index (χ4n) is 2.15. The molecule has 2 atom stereocenters. The molecule has 3 N–H and O–H groups in total.